The van der Waals surface area contributed by atoms with Crippen molar-refractivity contribution in [1.82, 2.24) is 5.32 Å². The van der Waals surface area contributed by atoms with Gasteiger partial charge in [0.05, 0.1) is 6.61 Å². The second kappa shape index (κ2) is 9.39. The van der Waals surface area contributed by atoms with Crippen LogP contribution < -0.4 is 10.1 Å². The van der Waals surface area contributed by atoms with Gasteiger partial charge in [0.25, 0.3) is 5.91 Å². The summed E-state index contributed by atoms with van der Waals surface area (Å²) >= 11 is 0. The number of amides is 1. The zero-order chi connectivity index (χ0) is 13.9. The fourth-order valence-corrected chi connectivity index (χ4v) is 1.76. The first-order valence-corrected chi connectivity index (χ1v) is 6.90. The maximum atomic E-state index is 11.8. The Hall–Kier alpha value is -1.55. The number of aliphatic hydroxyl groups excluding tert-OH is 1. The minimum Gasteiger partial charge on any atom is -0.494 e. The molecule has 0 spiro atoms. The number of carbonyl (C=O) groups excluding carboxylic acids is 1. The van der Waals surface area contributed by atoms with Crippen molar-refractivity contribution < 1.29 is 14.6 Å². The number of rotatable bonds is 9. The molecule has 0 saturated heterocycles. The molecule has 0 radical (unpaired) electrons. The van der Waals surface area contributed by atoms with E-state index in [0.29, 0.717) is 18.7 Å². The summed E-state index contributed by atoms with van der Waals surface area (Å²) in [5, 5.41) is 11.5. The summed E-state index contributed by atoms with van der Waals surface area (Å²) in [6, 6.07) is 7.15. The van der Waals surface area contributed by atoms with Gasteiger partial charge in [-0.25, -0.2) is 0 Å². The molecule has 1 rings (SSSR count). The molecule has 4 heteroatoms. The first kappa shape index (κ1) is 15.5. The molecule has 0 aliphatic heterocycles. The Balaban J connectivity index is 2.25. The van der Waals surface area contributed by atoms with Crippen molar-refractivity contribution in [2.24, 2.45) is 0 Å². The highest BCUT2D eigenvalue weighted by atomic mass is 16.5. The Kier molecular flexibility index (Phi) is 7.66. The minimum absolute atomic E-state index is 0.0507. The Morgan fingerprint density at radius 1 is 1.16 bits per heavy atom. The molecular formula is C15H23NO3. The zero-order valence-corrected chi connectivity index (χ0v) is 11.5. The lowest BCUT2D eigenvalue weighted by Gasteiger charge is -2.06. The van der Waals surface area contributed by atoms with Gasteiger partial charge in [0.15, 0.2) is 0 Å². The number of ether oxygens (including phenoxy) is 1. The highest BCUT2D eigenvalue weighted by Gasteiger charge is 2.04. The van der Waals surface area contributed by atoms with Gasteiger partial charge in [0.2, 0.25) is 0 Å². The van der Waals surface area contributed by atoms with Gasteiger partial charge in [-0.3, -0.25) is 4.79 Å². The monoisotopic (exact) mass is 265 g/mol. The van der Waals surface area contributed by atoms with Crippen LogP contribution in [0.15, 0.2) is 24.3 Å². The molecule has 0 aromatic heterocycles. The van der Waals surface area contributed by atoms with Crippen LogP contribution in [0.1, 0.15) is 43.0 Å². The number of aliphatic hydroxyl groups is 1. The van der Waals surface area contributed by atoms with Crippen molar-refractivity contribution in [2.45, 2.75) is 32.6 Å². The molecule has 19 heavy (non-hydrogen) atoms. The molecule has 106 valence electrons. The largest absolute Gasteiger partial charge is 0.494 e. The number of hydrogen-bond acceptors (Lipinski definition) is 3. The van der Waals surface area contributed by atoms with Crippen molar-refractivity contribution in [3.8, 4) is 5.75 Å². The van der Waals surface area contributed by atoms with Crippen LogP contribution in [-0.4, -0.2) is 30.8 Å². The molecule has 0 aliphatic rings. The van der Waals surface area contributed by atoms with Gasteiger partial charge in [-0.2, -0.15) is 0 Å². The van der Waals surface area contributed by atoms with E-state index in [1.807, 2.05) is 6.92 Å². The fourth-order valence-electron chi connectivity index (χ4n) is 1.76. The fraction of sp³-hybridized carbons (Fsp3) is 0.533. The zero-order valence-electron chi connectivity index (χ0n) is 11.5. The molecule has 0 fully saturated rings. The van der Waals surface area contributed by atoms with Gasteiger partial charge in [0, 0.05) is 18.7 Å². The van der Waals surface area contributed by atoms with Gasteiger partial charge in [0.1, 0.15) is 5.75 Å². The maximum absolute atomic E-state index is 11.8. The number of hydrogen-bond donors (Lipinski definition) is 2. The van der Waals surface area contributed by atoms with Crippen molar-refractivity contribution in [2.75, 3.05) is 19.8 Å². The summed E-state index contributed by atoms with van der Waals surface area (Å²) in [5.41, 5.74) is 0.652. The lowest BCUT2D eigenvalue weighted by atomic mass is 10.2. The Bertz CT molecular complexity index is 362. The Labute approximate surface area is 114 Å². The predicted octanol–water partition coefficient (Wildman–Crippen LogP) is 2.37. The number of nitrogens with one attached hydrogen (secondary N) is 1. The Morgan fingerprint density at radius 3 is 2.47 bits per heavy atom. The van der Waals surface area contributed by atoms with Crippen LogP contribution in [0.4, 0.5) is 0 Å². The third kappa shape index (κ3) is 6.25. The Morgan fingerprint density at radius 2 is 1.84 bits per heavy atom. The maximum Gasteiger partial charge on any atom is 0.251 e. The first-order valence-electron chi connectivity index (χ1n) is 6.90. The van der Waals surface area contributed by atoms with Crippen LogP contribution >= 0.6 is 0 Å². The van der Waals surface area contributed by atoms with Crippen LogP contribution in [0.3, 0.4) is 0 Å². The van der Waals surface area contributed by atoms with Gasteiger partial charge in [-0.1, -0.05) is 12.8 Å². The van der Waals surface area contributed by atoms with Crippen molar-refractivity contribution in [1.29, 1.82) is 0 Å². The molecule has 0 aliphatic carbocycles. The molecule has 0 atom stereocenters. The normalized spacial score (nSPS) is 10.2. The van der Waals surface area contributed by atoms with Crippen molar-refractivity contribution >= 4 is 5.91 Å². The quantitative estimate of drug-likeness (QED) is 0.674. The van der Waals surface area contributed by atoms with E-state index in [9.17, 15) is 4.79 Å². The van der Waals surface area contributed by atoms with Gasteiger partial charge in [-0.05, 0) is 44.0 Å². The van der Waals surface area contributed by atoms with Gasteiger partial charge >= 0.3 is 0 Å². The molecule has 2 N–H and O–H groups in total. The number of carbonyl (C=O) groups is 1. The van der Waals surface area contributed by atoms with Crippen molar-refractivity contribution in [3.63, 3.8) is 0 Å². The topological polar surface area (TPSA) is 58.6 Å². The van der Waals surface area contributed by atoms with Crippen LogP contribution in [0.2, 0.25) is 0 Å². The average Bonchev–Trinajstić information content (AvgIpc) is 2.43. The highest BCUT2D eigenvalue weighted by Crippen LogP contribution is 2.11. The third-order valence-electron chi connectivity index (χ3n) is 2.80. The molecule has 1 aromatic rings. The lowest BCUT2D eigenvalue weighted by molar-refractivity contribution is 0.0953. The van der Waals surface area contributed by atoms with E-state index < -0.39 is 0 Å². The highest BCUT2D eigenvalue weighted by molar-refractivity contribution is 5.94. The minimum atomic E-state index is -0.0507. The summed E-state index contributed by atoms with van der Waals surface area (Å²) in [4.78, 5) is 11.8. The summed E-state index contributed by atoms with van der Waals surface area (Å²) in [6.45, 7) is 3.48. The molecule has 4 nitrogen and oxygen atoms in total. The summed E-state index contributed by atoms with van der Waals surface area (Å²) < 4.78 is 5.32. The van der Waals surface area contributed by atoms with Crippen LogP contribution in [0.25, 0.3) is 0 Å². The molecule has 0 saturated carbocycles. The first-order chi connectivity index (χ1) is 9.27. The molecular weight excluding hydrogens is 242 g/mol. The van der Waals surface area contributed by atoms with E-state index in [1.54, 1.807) is 24.3 Å². The second-order valence-electron chi connectivity index (χ2n) is 4.35. The summed E-state index contributed by atoms with van der Waals surface area (Å²) in [7, 11) is 0. The van der Waals surface area contributed by atoms with E-state index in [1.165, 1.54) is 0 Å². The van der Waals surface area contributed by atoms with E-state index in [0.717, 1.165) is 31.4 Å². The van der Waals surface area contributed by atoms with Gasteiger partial charge < -0.3 is 15.2 Å². The lowest BCUT2D eigenvalue weighted by Crippen LogP contribution is -2.24. The van der Waals surface area contributed by atoms with Crippen molar-refractivity contribution in [3.05, 3.63) is 29.8 Å². The second-order valence-corrected chi connectivity index (χ2v) is 4.35. The summed E-state index contributed by atoms with van der Waals surface area (Å²) in [6.07, 6.45) is 3.83. The van der Waals surface area contributed by atoms with E-state index in [-0.39, 0.29) is 12.5 Å². The van der Waals surface area contributed by atoms with Crippen LogP contribution in [-0.2, 0) is 0 Å². The predicted molar refractivity (Wildman–Crippen MR) is 75.5 cm³/mol. The summed E-state index contributed by atoms with van der Waals surface area (Å²) in [5.74, 6) is 0.730. The standard InChI is InChI=1S/C15H23NO3/c1-2-19-14-9-7-13(8-10-14)15(18)16-11-5-3-4-6-12-17/h7-10,17H,2-6,11-12H2,1H3,(H,16,18). The third-order valence-corrected chi connectivity index (χ3v) is 2.80. The van der Waals surface area contributed by atoms with E-state index in [4.69, 9.17) is 9.84 Å². The number of unbranched alkanes of at least 4 members (excludes halogenated alkanes) is 3. The molecule has 0 bridgehead atoms. The number of benzene rings is 1. The van der Waals surface area contributed by atoms with E-state index in [2.05, 4.69) is 5.32 Å². The van der Waals surface area contributed by atoms with E-state index >= 15 is 0 Å². The molecule has 0 unspecified atom stereocenters. The molecule has 1 amide bonds. The molecule has 1 aromatic carbocycles. The average molecular weight is 265 g/mol. The van der Waals surface area contributed by atoms with Gasteiger partial charge in [-0.15, -0.1) is 0 Å². The van der Waals surface area contributed by atoms with Crippen LogP contribution in [0, 0.1) is 0 Å². The SMILES string of the molecule is CCOc1ccc(C(=O)NCCCCCCO)cc1. The smallest absolute Gasteiger partial charge is 0.251 e. The van der Waals surface area contributed by atoms with Crippen LogP contribution in [0.5, 0.6) is 5.75 Å². The molecule has 0 heterocycles.